The molecule has 0 radical (unpaired) electrons. The molecule has 3 unspecified atom stereocenters. The van der Waals surface area contributed by atoms with Crippen LogP contribution in [0.2, 0.25) is 0 Å². The molecule has 6 nitrogen and oxygen atoms in total. The van der Waals surface area contributed by atoms with E-state index in [-0.39, 0.29) is 11.8 Å². The second-order valence-electron chi connectivity index (χ2n) is 10.5. The number of nitrogens with zero attached hydrogens (tertiary/aromatic N) is 2. The average Bonchev–Trinajstić information content (AvgIpc) is 2.91. The summed E-state index contributed by atoms with van der Waals surface area (Å²) in [6.07, 6.45) is -0.194. The van der Waals surface area contributed by atoms with Gasteiger partial charge in [0.05, 0.1) is 0 Å². The van der Waals surface area contributed by atoms with E-state index >= 15 is 0 Å². The first-order valence-corrected chi connectivity index (χ1v) is 13.1. The Kier molecular flexibility index (Phi) is 7.85. The molecule has 37 heavy (non-hydrogen) atoms. The summed E-state index contributed by atoms with van der Waals surface area (Å²) < 4.78 is 5.61. The van der Waals surface area contributed by atoms with E-state index in [1.807, 2.05) is 71.6 Å². The summed E-state index contributed by atoms with van der Waals surface area (Å²) in [4.78, 5) is 30.5. The number of piperidine rings is 2. The topological polar surface area (TPSA) is 75.9 Å². The third kappa shape index (κ3) is 6.38. The monoisotopic (exact) mass is 497 g/mol. The number of primary amides is 1. The summed E-state index contributed by atoms with van der Waals surface area (Å²) in [7, 11) is 0. The summed E-state index contributed by atoms with van der Waals surface area (Å²) in [6, 6.07) is 30.4. The number of rotatable bonds is 8. The van der Waals surface area contributed by atoms with Crippen molar-refractivity contribution in [3.63, 3.8) is 0 Å². The number of fused-ring (bicyclic) bond motifs is 2. The third-order valence-corrected chi connectivity index (χ3v) is 7.60. The highest BCUT2D eigenvalue weighted by molar-refractivity contribution is 5.84. The minimum Gasteiger partial charge on any atom is -0.436 e. The van der Waals surface area contributed by atoms with E-state index in [1.165, 1.54) is 5.56 Å². The molecule has 2 heterocycles. The second kappa shape index (κ2) is 11.6. The second-order valence-corrected chi connectivity index (χ2v) is 10.5. The Labute approximate surface area is 219 Å². The van der Waals surface area contributed by atoms with Crippen molar-refractivity contribution in [2.45, 2.75) is 31.4 Å². The highest BCUT2D eigenvalue weighted by Crippen LogP contribution is 2.33. The molecule has 192 valence electrons. The number of benzene rings is 3. The molecule has 5 rings (SSSR count). The average molecular weight is 498 g/mol. The van der Waals surface area contributed by atoms with Gasteiger partial charge in [-0.05, 0) is 41.4 Å². The van der Waals surface area contributed by atoms with Gasteiger partial charge in [0.1, 0.15) is 0 Å². The zero-order valence-electron chi connectivity index (χ0n) is 21.1. The van der Waals surface area contributed by atoms with Crippen LogP contribution >= 0.6 is 0 Å². The summed E-state index contributed by atoms with van der Waals surface area (Å²) in [6.45, 7) is 4.20. The maximum atomic E-state index is 14.0. The van der Waals surface area contributed by atoms with Crippen molar-refractivity contribution in [1.29, 1.82) is 0 Å². The Bertz CT molecular complexity index is 1160. The quantitative estimate of drug-likeness (QED) is 0.499. The number of likely N-dealkylation sites (tertiary alicyclic amines) is 2. The van der Waals surface area contributed by atoms with Crippen molar-refractivity contribution in [3.05, 3.63) is 108 Å². The summed E-state index contributed by atoms with van der Waals surface area (Å²) in [5.41, 5.74) is 8.87. The van der Waals surface area contributed by atoms with E-state index in [9.17, 15) is 9.59 Å². The molecule has 0 aliphatic carbocycles. The van der Waals surface area contributed by atoms with Gasteiger partial charge in [-0.15, -0.1) is 0 Å². The summed E-state index contributed by atoms with van der Waals surface area (Å²) >= 11 is 0. The van der Waals surface area contributed by atoms with Crippen LogP contribution in [0, 0.1) is 11.8 Å². The van der Waals surface area contributed by atoms with Gasteiger partial charge in [0.15, 0.2) is 6.10 Å². The molecule has 2 bridgehead atoms. The Morgan fingerprint density at radius 2 is 1.32 bits per heavy atom. The fourth-order valence-electron chi connectivity index (χ4n) is 6.12. The van der Waals surface area contributed by atoms with Gasteiger partial charge in [-0.25, -0.2) is 4.79 Å². The molecular formula is C31H35N3O3. The fraction of sp³-hybridized carbons (Fsp3) is 0.355. The standard InChI is InChI=1S/C31H35N3O3/c32-31(36)37-29(28(27-14-8-3-9-15-27)17-23-10-4-1-5-11-23)30(35)34-21-25-16-26(22-34)20-33(19-25)18-24-12-6-2-7-13-24/h1-15,25-26,28-29H,16-22H2,(H2,32,36)/t25?,26?,28?,29-/m0/s1. The molecule has 0 aromatic heterocycles. The van der Waals surface area contributed by atoms with E-state index in [0.717, 1.165) is 37.2 Å². The molecule has 2 aliphatic heterocycles. The maximum absolute atomic E-state index is 14.0. The molecule has 2 N–H and O–H groups in total. The van der Waals surface area contributed by atoms with Crippen molar-refractivity contribution in [2.75, 3.05) is 26.2 Å². The molecule has 2 saturated heterocycles. The summed E-state index contributed by atoms with van der Waals surface area (Å²) in [5.74, 6) is 0.326. The van der Waals surface area contributed by atoms with Crippen molar-refractivity contribution in [3.8, 4) is 0 Å². The van der Waals surface area contributed by atoms with Crippen LogP contribution in [0.4, 0.5) is 4.79 Å². The Morgan fingerprint density at radius 1 is 0.784 bits per heavy atom. The zero-order valence-corrected chi connectivity index (χ0v) is 21.1. The maximum Gasteiger partial charge on any atom is 0.405 e. The number of amides is 2. The van der Waals surface area contributed by atoms with Crippen LogP contribution in [0.1, 0.15) is 29.0 Å². The first-order chi connectivity index (χ1) is 18.0. The number of hydrogen-bond donors (Lipinski definition) is 1. The zero-order chi connectivity index (χ0) is 25.6. The van der Waals surface area contributed by atoms with Crippen LogP contribution in [-0.4, -0.2) is 54.1 Å². The lowest BCUT2D eigenvalue weighted by Gasteiger charge is -2.46. The van der Waals surface area contributed by atoms with Crippen molar-refractivity contribution in [2.24, 2.45) is 17.6 Å². The molecule has 4 atom stereocenters. The number of nitrogens with two attached hydrogens (primary N) is 1. The predicted molar refractivity (Wildman–Crippen MR) is 144 cm³/mol. The van der Waals surface area contributed by atoms with Gasteiger partial charge in [0.25, 0.3) is 5.91 Å². The van der Waals surface area contributed by atoms with Crippen molar-refractivity contribution < 1.29 is 14.3 Å². The van der Waals surface area contributed by atoms with E-state index in [1.54, 1.807) is 0 Å². The van der Waals surface area contributed by atoms with Crippen LogP contribution in [0.15, 0.2) is 91.0 Å². The Hall–Kier alpha value is -3.64. The van der Waals surface area contributed by atoms with Gasteiger partial charge in [0.2, 0.25) is 0 Å². The molecule has 3 aromatic rings. The van der Waals surface area contributed by atoms with Crippen LogP contribution in [0.5, 0.6) is 0 Å². The SMILES string of the molecule is NC(=O)O[C@H](C(=O)N1CC2CC(CN(Cc3ccccc3)C2)C1)C(Cc1ccccc1)c1ccccc1. The van der Waals surface area contributed by atoms with Gasteiger partial charge < -0.3 is 15.4 Å². The first kappa shape index (κ1) is 25.0. The molecule has 2 aliphatic rings. The van der Waals surface area contributed by atoms with E-state index in [2.05, 4.69) is 29.2 Å². The number of hydrogen-bond acceptors (Lipinski definition) is 4. The molecule has 2 fully saturated rings. The highest BCUT2D eigenvalue weighted by Gasteiger charge is 2.41. The lowest BCUT2D eigenvalue weighted by atomic mass is 9.82. The molecule has 0 spiro atoms. The minimum atomic E-state index is -0.973. The molecule has 3 aromatic carbocycles. The number of ether oxygens (including phenoxy) is 1. The van der Waals surface area contributed by atoms with E-state index in [4.69, 9.17) is 10.5 Å². The fourth-order valence-corrected chi connectivity index (χ4v) is 6.12. The van der Waals surface area contributed by atoms with E-state index < -0.39 is 12.2 Å². The van der Waals surface area contributed by atoms with Crippen LogP contribution < -0.4 is 5.73 Å². The molecular weight excluding hydrogens is 462 g/mol. The van der Waals surface area contributed by atoms with Gasteiger partial charge in [-0.1, -0.05) is 91.0 Å². The normalized spacial score (nSPS) is 21.1. The van der Waals surface area contributed by atoms with Gasteiger partial charge in [-0.3, -0.25) is 9.69 Å². The van der Waals surface area contributed by atoms with Crippen LogP contribution in [0.3, 0.4) is 0 Å². The van der Waals surface area contributed by atoms with Gasteiger partial charge >= 0.3 is 6.09 Å². The van der Waals surface area contributed by atoms with Crippen LogP contribution in [0.25, 0.3) is 0 Å². The largest absolute Gasteiger partial charge is 0.436 e. The number of carbonyl (C=O) groups excluding carboxylic acids is 2. The van der Waals surface area contributed by atoms with Crippen LogP contribution in [-0.2, 0) is 22.5 Å². The van der Waals surface area contributed by atoms with E-state index in [0.29, 0.717) is 31.3 Å². The minimum absolute atomic E-state index is 0.144. The van der Waals surface area contributed by atoms with Crippen molar-refractivity contribution in [1.82, 2.24) is 9.80 Å². The molecule has 0 saturated carbocycles. The number of carbonyl (C=O) groups is 2. The lowest BCUT2D eigenvalue weighted by molar-refractivity contribution is -0.146. The van der Waals surface area contributed by atoms with Gasteiger partial charge in [0, 0.05) is 38.6 Å². The lowest BCUT2D eigenvalue weighted by Crippen LogP contribution is -2.56. The smallest absolute Gasteiger partial charge is 0.405 e. The highest BCUT2D eigenvalue weighted by atomic mass is 16.6. The van der Waals surface area contributed by atoms with Gasteiger partial charge in [-0.2, -0.15) is 0 Å². The molecule has 6 heteroatoms. The summed E-state index contributed by atoms with van der Waals surface area (Å²) in [5, 5.41) is 0. The molecule has 2 amide bonds. The van der Waals surface area contributed by atoms with Crippen molar-refractivity contribution >= 4 is 12.0 Å². The Morgan fingerprint density at radius 3 is 1.89 bits per heavy atom. The third-order valence-electron chi connectivity index (χ3n) is 7.60. The Balaban J connectivity index is 1.34. The first-order valence-electron chi connectivity index (χ1n) is 13.1. The predicted octanol–water partition coefficient (Wildman–Crippen LogP) is 4.46.